The highest BCUT2D eigenvalue weighted by molar-refractivity contribution is 5.45. The van der Waals surface area contributed by atoms with Gasteiger partial charge in [0.1, 0.15) is 17.4 Å². The molecule has 2 nitrogen and oxygen atoms in total. The van der Waals surface area contributed by atoms with Crippen LogP contribution in [0.1, 0.15) is 43.2 Å². The summed E-state index contributed by atoms with van der Waals surface area (Å²) in [7, 11) is 0. The lowest BCUT2D eigenvalue weighted by Crippen LogP contribution is -2.39. The Balaban J connectivity index is 2.13. The van der Waals surface area contributed by atoms with Crippen molar-refractivity contribution in [3.05, 3.63) is 28.8 Å². The maximum absolute atomic E-state index is 14.7. The lowest BCUT2D eigenvalue weighted by Gasteiger charge is -2.37. The highest BCUT2D eigenvalue weighted by atomic mass is 19.1. The van der Waals surface area contributed by atoms with E-state index in [1.165, 1.54) is 6.07 Å². The van der Waals surface area contributed by atoms with Crippen LogP contribution in [0.3, 0.4) is 0 Å². The summed E-state index contributed by atoms with van der Waals surface area (Å²) in [4.78, 5) is 0. The number of benzene rings is 1. The van der Waals surface area contributed by atoms with Gasteiger partial charge in [0.15, 0.2) is 0 Å². The summed E-state index contributed by atoms with van der Waals surface area (Å²) < 4.78 is 34.3. The van der Waals surface area contributed by atoms with E-state index in [4.69, 9.17) is 10.5 Å². The second kappa shape index (κ2) is 4.75. The molecule has 0 aromatic heterocycles. The molecule has 1 aliphatic heterocycles. The summed E-state index contributed by atoms with van der Waals surface area (Å²) in [5, 5.41) is 0. The number of fused-ring (bicyclic) bond motifs is 1. The molecule has 2 N–H and O–H groups in total. The zero-order valence-electron chi connectivity index (χ0n) is 11.0. The Morgan fingerprint density at radius 2 is 1.95 bits per heavy atom. The molecular formula is C15H19F2NO. The SMILES string of the molecule is NCC1(c2c(F)cc3c(c2F)CCO3)CCCCC1. The van der Waals surface area contributed by atoms with E-state index in [0.29, 0.717) is 30.9 Å². The molecule has 0 atom stereocenters. The van der Waals surface area contributed by atoms with Crippen LogP contribution in [0.2, 0.25) is 0 Å². The van der Waals surface area contributed by atoms with Gasteiger partial charge in [-0.25, -0.2) is 8.78 Å². The standard InChI is InChI=1S/C15H19F2NO/c16-11-8-12-10(4-7-19-12)14(17)13(11)15(9-18)5-2-1-3-6-15/h8H,1-7,9,18H2. The molecule has 2 aliphatic rings. The van der Waals surface area contributed by atoms with Crippen LogP contribution in [0.25, 0.3) is 0 Å². The summed E-state index contributed by atoms with van der Waals surface area (Å²) in [5.41, 5.74) is 6.10. The second-order valence-corrected chi connectivity index (χ2v) is 5.67. The van der Waals surface area contributed by atoms with E-state index in [-0.39, 0.29) is 5.56 Å². The Bertz CT molecular complexity index is 495. The first-order valence-electron chi connectivity index (χ1n) is 7.02. The van der Waals surface area contributed by atoms with E-state index < -0.39 is 17.0 Å². The quantitative estimate of drug-likeness (QED) is 0.893. The Hall–Kier alpha value is -1.16. The average Bonchev–Trinajstić information content (AvgIpc) is 2.88. The Morgan fingerprint density at radius 1 is 1.21 bits per heavy atom. The van der Waals surface area contributed by atoms with Gasteiger partial charge in [-0.05, 0) is 12.8 Å². The molecule has 0 saturated heterocycles. The highest BCUT2D eigenvalue weighted by Gasteiger charge is 2.39. The number of nitrogens with two attached hydrogens (primary N) is 1. The summed E-state index contributed by atoms with van der Waals surface area (Å²) in [5.74, 6) is -0.549. The van der Waals surface area contributed by atoms with Crippen LogP contribution in [0.4, 0.5) is 8.78 Å². The molecule has 1 fully saturated rings. The van der Waals surface area contributed by atoms with Crippen molar-refractivity contribution in [2.24, 2.45) is 5.73 Å². The van der Waals surface area contributed by atoms with Crippen molar-refractivity contribution in [3.63, 3.8) is 0 Å². The lowest BCUT2D eigenvalue weighted by atomic mass is 9.68. The van der Waals surface area contributed by atoms with E-state index in [1.54, 1.807) is 0 Å². The highest BCUT2D eigenvalue weighted by Crippen LogP contribution is 2.44. The minimum atomic E-state index is -0.524. The molecule has 4 heteroatoms. The van der Waals surface area contributed by atoms with Crippen LogP contribution in [-0.2, 0) is 11.8 Å². The molecule has 1 aromatic carbocycles. The van der Waals surface area contributed by atoms with Crippen molar-refractivity contribution < 1.29 is 13.5 Å². The predicted octanol–water partition coefficient (Wildman–Crippen LogP) is 3.06. The Kier molecular flexibility index (Phi) is 3.21. The normalized spacial score (nSPS) is 21.0. The minimum Gasteiger partial charge on any atom is -0.493 e. The van der Waals surface area contributed by atoms with E-state index in [0.717, 1.165) is 32.1 Å². The Labute approximate surface area is 111 Å². The van der Waals surface area contributed by atoms with Crippen molar-refractivity contribution in [2.75, 3.05) is 13.2 Å². The molecule has 0 amide bonds. The van der Waals surface area contributed by atoms with Gasteiger partial charge in [0.05, 0.1) is 6.61 Å². The molecule has 19 heavy (non-hydrogen) atoms. The van der Waals surface area contributed by atoms with Crippen molar-refractivity contribution in [1.29, 1.82) is 0 Å². The summed E-state index contributed by atoms with van der Waals surface area (Å²) in [6.07, 6.45) is 5.18. The summed E-state index contributed by atoms with van der Waals surface area (Å²) in [6, 6.07) is 1.34. The first kappa shape index (κ1) is 12.9. The molecule has 0 radical (unpaired) electrons. The monoisotopic (exact) mass is 267 g/mol. The maximum atomic E-state index is 14.7. The summed E-state index contributed by atoms with van der Waals surface area (Å²) in [6.45, 7) is 0.741. The van der Waals surface area contributed by atoms with E-state index in [9.17, 15) is 8.78 Å². The lowest BCUT2D eigenvalue weighted by molar-refractivity contribution is 0.280. The van der Waals surface area contributed by atoms with Crippen LogP contribution < -0.4 is 10.5 Å². The fourth-order valence-corrected chi connectivity index (χ4v) is 3.53. The molecule has 1 aromatic rings. The van der Waals surface area contributed by atoms with Crippen LogP contribution in [0, 0.1) is 11.6 Å². The van der Waals surface area contributed by atoms with Crippen LogP contribution in [0.5, 0.6) is 5.75 Å². The van der Waals surface area contributed by atoms with Gasteiger partial charge in [0, 0.05) is 35.6 Å². The maximum Gasteiger partial charge on any atom is 0.136 e. The Morgan fingerprint density at radius 3 is 2.63 bits per heavy atom. The van der Waals surface area contributed by atoms with Gasteiger partial charge in [0.2, 0.25) is 0 Å². The van der Waals surface area contributed by atoms with Crippen molar-refractivity contribution in [1.82, 2.24) is 0 Å². The number of hydrogen-bond acceptors (Lipinski definition) is 2. The number of ether oxygens (including phenoxy) is 1. The molecule has 104 valence electrons. The fourth-order valence-electron chi connectivity index (χ4n) is 3.53. The van der Waals surface area contributed by atoms with E-state index in [2.05, 4.69) is 0 Å². The molecule has 3 rings (SSSR count). The number of rotatable bonds is 2. The molecule has 1 saturated carbocycles. The van der Waals surface area contributed by atoms with Crippen LogP contribution >= 0.6 is 0 Å². The van der Waals surface area contributed by atoms with Gasteiger partial charge in [-0.15, -0.1) is 0 Å². The molecule has 0 bridgehead atoms. The smallest absolute Gasteiger partial charge is 0.136 e. The van der Waals surface area contributed by atoms with Crippen LogP contribution in [0.15, 0.2) is 6.07 Å². The second-order valence-electron chi connectivity index (χ2n) is 5.67. The zero-order chi connectivity index (χ0) is 13.5. The van der Waals surface area contributed by atoms with Crippen molar-refractivity contribution >= 4 is 0 Å². The zero-order valence-corrected chi connectivity index (χ0v) is 11.0. The average molecular weight is 267 g/mol. The van der Waals surface area contributed by atoms with Gasteiger partial charge in [-0.3, -0.25) is 0 Å². The number of halogens is 2. The third kappa shape index (κ3) is 1.93. The van der Waals surface area contributed by atoms with Crippen molar-refractivity contribution in [2.45, 2.75) is 43.9 Å². The summed E-state index contributed by atoms with van der Waals surface area (Å²) >= 11 is 0. The van der Waals surface area contributed by atoms with Gasteiger partial charge in [0.25, 0.3) is 0 Å². The third-order valence-electron chi connectivity index (χ3n) is 4.62. The van der Waals surface area contributed by atoms with E-state index >= 15 is 0 Å². The minimum absolute atomic E-state index is 0.207. The van der Waals surface area contributed by atoms with Crippen LogP contribution in [-0.4, -0.2) is 13.2 Å². The van der Waals surface area contributed by atoms with Crippen molar-refractivity contribution in [3.8, 4) is 5.75 Å². The van der Waals surface area contributed by atoms with E-state index in [1.807, 2.05) is 0 Å². The molecule has 1 aliphatic carbocycles. The molecule has 0 unspecified atom stereocenters. The van der Waals surface area contributed by atoms with Gasteiger partial charge in [-0.2, -0.15) is 0 Å². The predicted molar refractivity (Wildman–Crippen MR) is 69.4 cm³/mol. The number of hydrogen-bond donors (Lipinski definition) is 1. The van der Waals surface area contributed by atoms with Gasteiger partial charge >= 0.3 is 0 Å². The third-order valence-corrected chi connectivity index (χ3v) is 4.62. The molecule has 1 heterocycles. The van der Waals surface area contributed by atoms with Gasteiger partial charge < -0.3 is 10.5 Å². The topological polar surface area (TPSA) is 35.2 Å². The molecule has 0 spiro atoms. The first-order valence-corrected chi connectivity index (χ1v) is 7.02. The molecular weight excluding hydrogens is 248 g/mol. The first-order chi connectivity index (χ1) is 9.18. The van der Waals surface area contributed by atoms with Gasteiger partial charge in [-0.1, -0.05) is 19.3 Å². The largest absolute Gasteiger partial charge is 0.493 e. The fraction of sp³-hybridized carbons (Fsp3) is 0.600.